The molecule has 25 heavy (non-hydrogen) atoms. The molecule has 0 spiro atoms. The predicted octanol–water partition coefficient (Wildman–Crippen LogP) is 2.89. The van der Waals surface area contributed by atoms with Crippen molar-refractivity contribution in [1.29, 1.82) is 0 Å². The van der Waals surface area contributed by atoms with Gasteiger partial charge in [-0.2, -0.15) is 0 Å². The Balaban J connectivity index is 1.69. The average Bonchev–Trinajstić information content (AvgIpc) is 3.07. The lowest BCUT2D eigenvalue weighted by molar-refractivity contribution is -0.117. The van der Waals surface area contributed by atoms with E-state index >= 15 is 0 Å². The molecule has 2 aromatic rings. The van der Waals surface area contributed by atoms with E-state index in [0.29, 0.717) is 31.7 Å². The van der Waals surface area contributed by atoms with Crippen LogP contribution in [0.4, 0.5) is 5.69 Å². The van der Waals surface area contributed by atoms with Gasteiger partial charge >= 0.3 is 0 Å². The van der Waals surface area contributed by atoms with Gasteiger partial charge in [0, 0.05) is 37.9 Å². The van der Waals surface area contributed by atoms with Crippen LogP contribution in [0.3, 0.4) is 0 Å². The Hall–Kier alpha value is -2.66. The summed E-state index contributed by atoms with van der Waals surface area (Å²) in [6.07, 6.45) is 1.44. The number of nitrogens with zero attached hydrogens (tertiary/aromatic N) is 1. The van der Waals surface area contributed by atoms with Gasteiger partial charge in [-0.05, 0) is 35.7 Å². The fourth-order valence-corrected chi connectivity index (χ4v) is 3.04. The molecule has 3 rings (SSSR count). The number of hydrogen-bond donors (Lipinski definition) is 1. The summed E-state index contributed by atoms with van der Waals surface area (Å²) in [4.78, 5) is 26.1. The van der Waals surface area contributed by atoms with Crippen LogP contribution in [0.2, 0.25) is 0 Å². The first-order valence-corrected chi connectivity index (χ1v) is 8.43. The van der Waals surface area contributed by atoms with E-state index in [1.807, 2.05) is 36.4 Å². The van der Waals surface area contributed by atoms with Gasteiger partial charge in [0.25, 0.3) is 5.91 Å². The van der Waals surface area contributed by atoms with Gasteiger partial charge in [-0.3, -0.25) is 9.59 Å². The third-order valence-electron chi connectivity index (χ3n) is 4.35. The number of anilines is 1. The highest BCUT2D eigenvalue weighted by atomic mass is 16.5. The predicted molar refractivity (Wildman–Crippen MR) is 96.4 cm³/mol. The first kappa shape index (κ1) is 17.2. The number of carbonyl (C=O) groups excluding carboxylic acids is 2. The van der Waals surface area contributed by atoms with Crippen LogP contribution in [0.1, 0.15) is 34.3 Å². The lowest BCUT2D eigenvalue weighted by atomic mass is 10.1. The monoisotopic (exact) mass is 338 g/mol. The highest BCUT2D eigenvalue weighted by Crippen LogP contribution is 2.22. The van der Waals surface area contributed by atoms with Crippen LogP contribution < -0.4 is 10.2 Å². The summed E-state index contributed by atoms with van der Waals surface area (Å²) in [5, 5.41) is 2.95. The van der Waals surface area contributed by atoms with Crippen molar-refractivity contribution in [2.45, 2.75) is 26.0 Å². The SMILES string of the molecule is COCc1ccccc1CNC(=O)c1cccc(N2CCCC2=O)c1. The molecule has 1 saturated heterocycles. The fourth-order valence-electron chi connectivity index (χ4n) is 3.04. The van der Waals surface area contributed by atoms with Crippen LogP contribution >= 0.6 is 0 Å². The lowest BCUT2D eigenvalue weighted by Crippen LogP contribution is -2.26. The molecule has 0 aliphatic carbocycles. The number of carbonyl (C=O) groups is 2. The van der Waals surface area contributed by atoms with E-state index in [9.17, 15) is 9.59 Å². The van der Waals surface area contributed by atoms with Gasteiger partial charge in [-0.1, -0.05) is 30.3 Å². The number of hydrogen-bond acceptors (Lipinski definition) is 3. The summed E-state index contributed by atoms with van der Waals surface area (Å²) in [5.41, 5.74) is 3.43. The van der Waals surface area contributed by atoms with Crippen LogP contribution in [-0.2, 0) is 22.7 Å². The standard InChI is InChI=1S/C20H22N2O3/c1-25-14-17-7-3-2-6-16(17)13-21-20(24)15-8-4-9-18(12-15)22-11-5-10-19(22)23/h2-4,6-9,12H,5,10-11,13-14H2,1H3,(H,21,24). The summed E-state index contributed by atoms with van der Waals surface area (Å²) >= 11 is 0. The molecule has 0 unspecified atom stereocenters. The third kappa shape index (κ3) is 4.06. The zero-order chi connectivity index (χ0) is 17.6. The maximum Gasteiger partial charge on any atom is 0.251 e. The molecule has 2 amide bonds. The van der Waals surface area contributed by atoms with Gasteiger partial charge in [-0.15, -0.1) is 0 Å². The molecule has 0 bridgehead atoms. The van der Waals surface area contributed by atoms with Crippen molar-refractivity contribution in [3.05, 3.63) is 65.2 Å². The van der Waals surface area contributed by atoms with Gasteiger partial charge in [0.2, 0.25) is 5.91 Å². The van der Waals surface area contributed by atoms with Crippen molar-refractivity contribution < 1.29 is 14.3 Å². The molecule has 5 heteroatoms. The second kappa shape index (κ2) is 7.94. The maximum atomic E-state index is 12.5. The quantitative estimate of drug-likeness (QED) is 0.881. The van der Waals surface area contributed by atoms with Crippen molar-refractivity contribution in [3.8, 4) is 0 Å². The molecule has 130 valence electrons. The molecule has 1 aliphatic heterocycles. The maximum absolute atomic E-state index is 12.5. The Kier molecular flexibility index (Phi) is 5.46. The Morgan fingerprint density at radius 3 is 2.68 bits per heavy atom. The molecular formula is C20H22N2O3. The largest absolute Gasteiger partial charge is 0.380 e. The van der Waals surface area contributed by atoms with Crippen LogP contribution in [0.15, 0.2) is 48.5 Å². The Labute approximate surface area is 147 Å². The lowest BCUT2D eigenvalue weighted by Gasteiger charge is -2.16. The first-order chi connectivity index (χ1) is 12.2. The average molecular weight is 338 g/mol. The number of methoxy groups -OCH3 is 1. The molecule has 0 saturated carbocycles. The molecule has 0 aromatic heterocycles. The zero-order valence-corrected chi connectivity index (χ0v) is 14.3. The van der Waals surface area contributed by atoms with E-state index in [0.717, 1.165) is 23.2 Å². The highest BCUT2D eigenvalue weighted by molar-refractivity contribution is 5.99. The van der Waals surface area contributed by atoms with Gasteiger partial charge in [0.05, 0.1) is 6.61 Å². The van der Waals surface area contributed by atoms with Crippen molar-refractivity contribution in [2.75, 3.05) is 18.6 Å². The topological polar surface area (TPSA) is 58.6 Å². The Morgan fingerprint density at radius 1 is 1.16 bits per heavy atom. The first-order valence-electron chi connectivity index (χ1n) is 8.43. The smallest absolute Gasteiger partial charge is 0.251 e. The van der Waals surface area contributed by atoms with Crippen molar-refractivity contribution in [3.63, 3.8) is 0 Å². The molecule has 1 fully saturated rings. The van der Waals surface area contributed by atoms with Crippen LogP contribution in [0.5, 0.6) is 0 Å². The molecule has 0 atom stereocenters. The number of rotatable bonds is 6. The van der Waals surface area contributed by atoms with Crippen LogP contribution in [0.25, 0.3) is 0 Å². The summed E-state index contributed by atoms with van der Waals surface area (Å²) < 4.78 is 5.19. The molecule has 1 N–H and O–H groups in total. The van der Waals surface area contributed by atoms with E-state index in [2.05, 4.69) is 5.32 Å². The second-order valence-electron chi connectivity index (χ2n) is 6.08. The molecule has 1 heterocycles. The number of nitrogens with one attached hydrogen (secondary N) is 1. The summed E-state index contributed by atoms with van der Waals surface area (Å²) in [6, 6.07) is 15.1. The van der Waals surface area contributed by atoms with Gasteiger partial charge < -0.3 is 15.0 Å². The van der Waals surface area contributed by atoms with E-state index in [1.54, 1.807) is 24.1 Å². The fraction of sp³-hybridized carbons (Fsp3) is 0.300. The second-order valence-corrected chi connectivity index (χ2v) is 6.08. The van der Waals surface area contributed by atoms with E-state index in [1.165, 1.54) is 0 Å². The van der Waals surface area contributed by atoms with Crippen LogP contribution in [-0.4, -0.2) is 25.5 Å². The zero-order valence-electron chi connectivity index (χ0n) is 14.3. The minimum atomic E-state index is -0.152. The van der Waals surface area contributed by atoms with E-state index in [4.69, 9.17) is 4.74 Å². The third-order valence-corrected chi connectivity index (χ3v) is 4.35. The Bertz CT molecular complexity index is 773. The van der Waals surface area contributed by atoms with E-state index < -0.39 is 0 Å². The molecule has 5 nitrogen and oxygen atoms in total. The van der Waals surface area contributed by atoms with Crippen molar-refractivity contribution in [2.24, 2.45) is 0 Å². The Morgan fingerprint density at radius 2 is 1.96 bits per heavy atom. The minimum absolute atomic E-state index is 0.117. The number of benzene rings is 2. The van der Waals surface area contributed by atoms with E-state index in [-0.39, 0.29) is 11.8 Å². The summed E-state index contributed by atoms with van der Waals surface area (Å²) in [6.45, 7) is 1.66. The number of ether oxygens (including phenoxy) is 1. The van der Waals surface area contributed by atoms with Gasteiger partial charge in [-0.25, -0.2) is 0 Å². The van der Waals surface area contributed by atoms with Crippen molar-refractivity contribution in [1.82, 2.24) is 5.32 Å². The minimum Gasteiger partial charge on any atom is -0.380 e. The molecule has 1 aliphatic rings. The molecule has 2 aromatic carbocycles. The summed E-state index contributed by atoms with van der Waals surface area (Å²) in [7, 11) is 1.65. The molecule has 0 radical (unpaired) electrons. The van der Waals surface area contributed by atoms with Crippen LogP contribution in [0, 0.1) is 0 Å². The summed E-state index contributed by atoms with van der Waals surface area (Å²) in [5.74, 6) is -0.0354. The van der Waals surface area contributed by atoms with Gasteiger partial charge in [0.15, 0.2) is 0 Å². The van der Waals surface area contributed by atoms with Crippen molar-refractivity contribution >= 4 is 17.5 Å². The number of amides is 2. The highest BCUT2D eigenvalue weighted by Gasteiger charge is 2.22. The normalized spacial score (nSPS) is 14.0. The molecular weight excluding hydrogens is 316 g/mol. The van der Waals surface area contributed by atoms with Gasteiger partial charge in [0.1, 0.15) is 0 Å².